The van der Waals surface area contributed by atoms with E-state index in [-0.39, 0.29) is 55.9 Å². The molecule has 2 aliphatic heterocycles. The summed E-state index contributed by atoms with van der Waals surface area (Å²) in [6.07, 6.45) is 3.89. The van der Waals surface area contributed by atoms with Crippen molar-refractivity contribution in [2.75, 3.05) is 17.2 Å². The molecule has 15 nitrogen and oxygen atoms in total. The number of phenolic OH excluding ortho intramolecular Hbond substituents is 2. The lowest BCUT2D eigenvalue weighted by Gasteiger charge is -2.49. The highest BCUT2D eigenvalue weighted by molar-refractivity contribution is 8.01. The quantitative estimate of drug-likeness (QED) is 0.0345. The molecule has 5 heterocycles. The SMILES string of the molecule is CC[n+]1ccc(SCC2=C(C(=O)O)N3C(=O)[C@@H](NC(=O)/C(=N\OCc4cc(-c5cc(Cl)c(O)c(O)c5Cl)no4)c4csc(N)n4)[C@H]3SC2)cc1. The number of amides is 2. The maximum absolute atomic E-state index is 13.5. The predicted octanol–water partition coefficient (Wildman–Crippen LogP) is 3.86. The van der Waals surface area contributed by atoms with Crippen molar-refractivity contribution in [3.05, 3.63) is 74.8 Å². The molecule has 4 aromatic rings. The van der Waals surface area contributed by atoms with Gasteiger partial charge in [-0.1, -0.05) is 33.5 Å². The van der Waals surface area contributed by atoms with Gasteiger partial charge in [0, 0.05) is 45.5 Å². The van der Waals surface area contributed by atoms with Gasteiger partial charge in [0.25, 0.3) is 11.8 Å². The van der Waals surface area contributed by atoms with Crippen LogP contribution in [-0.4, -0.2) is 76.8 Å². The van der Waals surface area contributed by atoms with Gasteiger partial charge in [0.15, 0.2) is 47.1 Å². The average molecular weight is 780 g/mol. The number of benzene rings is 1. The number of aromatic nitrogens is 3. The molecular weight excluding hydrogens is 753 g/mol. The number of carbonyl (C=O) groups is 3. The molecule has 0 bridgehead atoms. The number of nitrogen functional groups attached to an aromatic ring is 1. The first kappa shape index (κ1) is 35.3. The van der Waals surface area contributed by atoms with Crippen LogP contribution in [0, 0.1) is 0 Å². The van der Waals surface area contributed by atoms with E-state index in [1.165, 1.54) is 45.9 Å². The number of carboxylic acid groups (broad SMARTS) is 1. The third kappa shape index (κ3) is 7.06. The van der Waals surface area contributed by atoms with Gasteiger partial charge in [-0.2, -0.15) is 0 Å². The molecule has 0 saturated carbocycles. The van der Waals surface area contributed by atoms with Crippen LogP contribution in [0.3, 0.4) is 0 Å². The maximum Gasteiger partial charge on any atom is 0.352 e. The van der Waals surface area contributed by atoms with Crippen LogP contribution >= 0.6 is 58.1 Å². The van der Waals surface area contributed by atoms with Gasteiger partial charge in [0.1, 0.15) is 35.0 Å². The highest BCUT2D eigenvalue weighted by Gasteiger charge is 2.54. The number of carbonyl (C=O) groups excluding carboxylic acids is 2. The Hall–Kier alpha value is -4.49. The van der Waals surface area contributed by atoms with Crippen LogP contribution in [0.15, 0.2) is 67.9 Å². The van der Waals surface area contributed by atoms with Gasteiger partial charge in [-0.25, -0.2) is 14.3 Å². The normalized spacial score (nSPS) is 17.4. The third-order valence-electron chi connectivity index (χ3n) is 7.52. The molecule has 6 rings (SSSR count). The number of nitrogens with two attached hydrogens (primary N) is 1. The first-order chi connectivity index (χ1) is 24.0. The van der Waals surface area contributed by atoms with E-state index in [1.54, 1.807) is 0 Å². The number of thiazole rings is 1. The molecule has 260 valence electrons. The lowest BCUT2D eigenvalue weighted by atomic mass is 10.0. The molecule has 1 saturated heterocycles. The molecule has 0 spiro atoms. The van der Waals surface area contributed by atoms with Gasteiger partial charge in [-0.05, 0) is 18.6 Å². The highest BCUT2D eigenvalue weighted by Crippen LogP contribution is 2.45. The Morgan fingerprint density at radius 2 is 2.02 bits per heavy atom. The summed E-state index contributed by atoms with van der Waals surface area (Å²) in [5, 5.41) is 41.0. The van der Waals surface area contributed by atoms with Crippen LogP contribution in [0.4, 0.5) is 5.13 Å². The Morgan fingerprint density at radius 3 is 2.70 bits per heavy atom. The summed E-state index contributed by atoms with van der Waals surface area (Å²) in [6.45, 7) is 2.54. The molecule has 2 atom stereocenters. The number of carboxylic acids is 1. The number of aromatic hydroxyl groups is 2. The Morgan fingerprint density at radius 1 is 1.26 bits per heavy atom. The van der Waals surface area contributed by atoms with Crippen molar-refractivity contribution in [2.24, 2.45) is 5.16 Å². The van der Waals surface area contributed by atoms with Crippen LogP contribution < -0.4 is 15.6 Å². The standard InChI is InChI=1S/C30H25Cl2N7O8S3/c1-2-38-5-3-15(4-6-38)48-10-13-11-49-28-22(27(43)39(28)23(13)29(44)45)35-26(42)21(19-12-50-30(33)34-19)37-46-9-14-7-18(36-47-14)16-8-17(31)24(40)25(41)20(16)32/h3-8,12,22,28H,2,9-11H2,1H3,(H5-,33,34,35,36,37,40,41,42,44,45)/p+1/t22-,28-/m1/s1. The lowest BCUT2D eigenvalue weighted by molar-refractivity contribution is -0.693. The van der Waals surface area contributed by atoms with Crippen molar-refractivity contribution in [3.63, 3.8) is 0 Å². The number of aliphatic carboxylic acids is 1. The summed E-state index contributed by atoms with van der Waals surface area (Å²) in [6, 6.07) is 5.58. The second-order valence-electron chi connectivity index (χ2n) is 10.7. The van der Waals surface area contributed by atoms with E-state index in [1.807, 2.05) is 36.0 Å². The predicted molar refractivity (Wildman–Crippen MR) is 186 cm³/mol. The van der Waals surface area contributed by atoms with Crippen LogP contribution in [0.5, 0.6) is 11.5 Å². The van der Waals surface area contributed by atoms with Crippen molar-refractivity contribution in [1.82, 2.24) is 20.4 Å². The highest BCUT2D eigenvalue weighted by atomic mass is 35.5. The van der Waals surface area contributed by atoms with Crippen LogP contribution in [0.1, 0.15) is 18.4 Å². The number of halogens is 2. The van der Waals surface area contributed by atoms with Crippen molar-refractivity contribution < 1.29 is 43.6 Å². The van der Waals surface area contributed by atoms with Crippen LogP contribution in [-0.2, 0) is 32.4 Å². The number of nitrogens with one attached hydrogen (secondary N) is 1. The minimum atomic E-state index is -1.22. The average Bonchev–Trinajstić information content (AvgIpc) is 3.77. The molecule has 1 aromatic carbocycles. The zero-order chi connectivity index (χ0) is 35.7. The molecule has 6 N–H and O–H groups in total. The number of β-lactam (4-membered cyclic amide) rings is 1. The van der Waals surface area contributed by atoms with Gasteiger partial charge in [-0.3, -0.25) is 14.5 Å². The molecule has 50 heavy (non-hydrogen) atoms. The van der Waals surface area contributed by atoms with Crippen molar-refractivity contribution >= 4 is 86.7 Å². The second-order valence-corrected chi connectivity index (χ2v) is 14.5. The molecule has 0 aliphatic carbocycles. The van der Waals surface area contributed by atoms with Gasteiger partial charge < -0.3 is 35.7 Å². The fourth-order valence-electron chi connectivity index (χ4n) is 4.98. The Bertz CT molecular complexity index is 2050. The topological polar surface area (TPSA) is 218 Å². The number of nitrogens with zero attached hydrogens (tertiary/aromatic N) is 5. The van der Waals surface area contributed by atoms with E-state index in [0.29, 0.717) is 17.1 Å². The summed E-state index contributed by atoms with van der Waals surface area (Å²) in [4.78, 5) is 50.8. The number of fused-ring (bicyclic) bond motifs is 1. The van der Waals surface area contributed by atoms with E-state index in [2.05, 4.69) is 20.6 Å². The van der Waals surface area contributed by atoms with Crippen molar-refractivity contribution in [3.8, 4) is 22.8 Å². The fraction of sp³-hybridized carbons (Fsp3) is 0.233. The van der Waals surface area contributed by atoms with E-state index >= 15 is 0 Å². The number of rotatable bonds is 12. The van der Waals surface area contributed by atoms with Crippen molar-refractivity contribution in [2.45, 2.75) is 36.4 Å². The number of pyridine rings is 1. The number of hydrogen-bond acceptors (Lipinski definition) is 14. The maximum atomic E-state index is 13.5. The number of oxime groups is 1. The molecular formula is C30H26Cl2N7O8S3+. The molecule has 0 radical (unpaired) electrons. The Labute approximate surface area is 305 Å². The largest absolute Gasteiger partial charge is 0.503 e. The van der Waals surface area contributed by atoms with Crippen LogP contribution in [0.25, 0.3) is 11.3 Å². The molecule has 2 amide bonds. The van der Waals surface area contributed by atoms with Gasteiger partial charge in [-0.15, -0.1) is 34.9 Å². The summed E-state index contributed by atoms with van der Waals surface area (Å²) in [5.41, 5.74) is 6.45. The monoisotopic (exact) mass is 778 g/mol. The molecule has 20 heteroatoms. The number of phenols is 2. The Kier molecular flexibility index (Phi) is 10.4. The molecule has 3 aromatic heterocycles. The molecule has 1 fully saturated rings. The number of hydrogen-bond donors (Lipinski definition) is 5. The first-order valence-electron chi connectivity index (χ1n) is 14.6. The Balaban J connectivity index is 1.14. The molecule has 2 aliphatic rings. The van der Waals surface area contributed by atoms with Gasteiger partial charge >= 0.3 is 5.97 Å². The number of thioether (sulfide) groups is 2. The minimum Gasteiger partial charge on any atom is -0.503 e. The van der Waals surface area contributed by atoms with E-state index in [9.17, 15) is 29.7 Å². The number of anilines is 1. The zero-order valence-corrected chi connectivity index (χ0v) is 29.7. The van der Waals surface area contributed by atoms with E-state index in [0.717, 1.165) is 22.8 Å². The lowest BCUT2D eigenvalue weighted by Crippen LogP contribution is -2.71. The summed E-state index contributed by atoms with van der Waals surface area (Å²) in [5.74, 6) is -2.94. The van der Waals surface area contributed by atoms with Gasteiger partial charge in [0.05, 0.1) is 10.0 Å². The zero-order valence-electron chi connectivity index (χ0n) is 25.7. The second kappa shape index (κ2) is 14.8. The number of aryl methyl sites for hydroxylation is 1. The smallest absolute Gasteiger partial charge is 0.352 e. The summed E-state index contributed by atoms with van der Waals surface area (Å²) in [7, 11) is 0. The molecule has 0 unspecified atom stereocenters. The van der Waals surface area contributed by atoms with Gasteiger partial charge in [0.2, 0.25) is 0 Å². The van der Waals surface area contributed by atoms with E-state index in [4.69, 9.17) is 38.3 Å². The fourth-order valence-corrected chi connectivity index (χ4v) is 8.34. The summed E-state index contributed by atoms with van der Waals surface area (Å²) < 4.78 is 7.27. The minimum absolute atomic E-state index is 0.0833. The first-order valence-corrected chi connectivity index (χ1v) is 18.2. The van der Waals surface area contributed by atoms with E-state index < -0.39 is 40.7 Å². The van der Waals surface area contributed by atoms with Crippen molar-refractivity contribution in [1.29, 1.82) is 0 Å². The summed E-state index contributed by atoms with van der Waals surface area (Å²) >= 11 is 16.0. The third-order valence-corrected chi connectivity index (χ3v) is 11.3. The van der Waals surface area contributed by atoms with Crippen LogP contribution in [0.2, 0.25) is 10.0 Å².